The molecule has 0 atom stereocenters. The third kappa shape index (κ3) is 3.25. The Kier molecular flexibility index (Phi) is 5.21. The zero-order valence-corrected chi connectivity index (χ0v) is 11.9. The van der Waals surface area contributed by atoms with Gasteiger partial charge in [-0.15, -0.1) is 0 Å². The maximum absolute atomic E-state index is 11.9. The molecular weight excluding hydrogens is 252 g/mol. The average Bonchev–Trinajstić information content (AvgIpc) is 2.37. The Morgan fingerprint density at radius 1 is 1.44 bits per heavy atom. The normalized spacial score (nSPS) is 11.7. The van der Waals surface area contributed by atoms with Gasteiger partial charge in [-0.3, -0.25) is 14.4 Å². The highest BCUT2D eigenvalue weighted by Gasteiger charge is 2.08. The summed E-state index contributed by atoms with van der Waals surface area (Å²) in [6.45, 7) is 2.74. The third-order valence-corrected chi connectivity index (χ3v) is 2.98. The van der Waals surface area contributed by atoms with E-state index < -0.39 is 0 Å². The van der Waals surface area contributed by atoms with E-state index in [0.717, 1.165) is 11.0 Å². The van der Waals surface area contributed by atoms with E-state index in [1.165, 1.54) is 29.6 Å². The summed E-state index contributed by atoms with van der Waals surface area (Å²) in [5, 5.41) is 3.63. The maximum Gasteiger partial charge on any atom is 0.330 e. The molecule has 0 bridgehead atoms. The number of rotatable bonds is 3. The van der Waals surface area contributed by atoms with Crippen molar-refractivity contribution in [1.82, 2.24) is 9.13 Å². The summed E-state index contributed by atoms with van der Waals surface area (Å²) in [4.78, 5) is 27.7. The van der Waals surface area contributed by atoms with Gasteiger partial charge in [-0.05, 0) is 12.7 Å². The molecule has 0 radical (unpaired) electrons. The van der Waals surface area contributed by atoms with Crippen LogP contribution in [0.15, 0.2) is 20.8 Å². The van der Waals surface area contributed by atoms with Gasteiger partial charge in [-0.2, -0.15) is 0 Å². The Morgan fingerprint density at radius 2 is 2.11 bits per heavy atom. The highest BCUT2D eigenvalue weighted by atomic mass is 32.2. The maximum atomic E-state index is 11.9. The number of anilines is 1. The number of aryl methyl sites for hydroxylation is 1. The monoisotopic (exact) mass is 270 g/mol. The van der Waals surface area contributed by atoms with Crippen molar-refractivity contribution in [2.45, 2.75) is 13.3 Å². The Hall–Kier alpha value is -1.50. The third-order valence-electron chi connectivity index (χ3n) is 2.36. The highest BCUT2D eigenvalue weighted by Crippen LogP contribution is 2.04. The Labute approximate surface area is 110 Å². The van der Waals surface area contributed by atoms with Crippen molar-refractivity contribution >= 4 is 22.6 Å². The van der Waals surface area contributed by atoms with Crippen LogP contribution in [0.3, 0.4) is 0 Å². The fourth-order valence-electron chi connectivity index (χ4n) is 1.38. The van der Waals surface area contributed by atoms with Gasteiger partial charge in [-0.25, -0.2) is 4.79 Å². The molecule has 1 aromatic heterocycles. The largest absolute Gasteiger partial charge is 0.330 e. The first-order chi connectivity index (χ1) is 8.51. The van der Waals surface area contributed by atoms with E-state index in [2.05, 4.69) is 10.3 Å². The fraction of sp³-hybridized carbons (Fsp3) is 0.545. The second kappa shape index (κ2) is 6.44. The predicted octanol–water partition coefficient (Wildman–Crippen LogP) is 0.625. The summed E-state index contributed by atoms with van der Waals surface area (Å²) in [6.07, 6.45) is 4.31. The first-order valence-electron chi connectivity index (χ1n) is 5.63. The smallest absolute Gasteiger partial charge is 0.329 e. The second-order valence-corrected chi connectivity index (χ2v) is 4.61. The van der Waals surface area contributed by atoms with Crippen LogP contribution in [-0.4, -0.2) is 27.1 Å². The van der Waals surface area contributed by atoms with Crippen LogP contribution in [0.1, 0.15) is 13.3 Å². The van der Waals surface area contributed by atoms with E-state index in [9.17, 15) is 9.59 Å². The molecule has 1 rings (SSSR count). The standard InChI is InChI=1S/C11H18N4O2S/c1-5-6-12-10(18-4)13-8-7-14(2)11(17)15(3)9(8)16/h7H,5-6H2,1-4H3,(H,12,13). The van der Waals surface area contributed by atoms with Gasteiger partial charge >= 0.3 is 5.69 Å². The van der Waals surface area contributed by atoms with Crippen molar-refractivity contribution in [2.24, 2.45) is 19.1 Å². The molecule has 0 aromatic carbocycles. The predicted molar refractivity (Wildman–Crippen MR) is 76.7 cm³/mol. The molecule has 0 aliphatic heterocycles. The van der Waals surface area contributed by atoms with Crippen LogP contribution in [0.4, 0.5) is 5.69 Å². The minimum Gasteiger partial charge on any atom is -0.329 e. The Morgan fingerprint density at radius 3 is 2.67 bits per heavy atom. The summed E-state index contributed by atoms with van der Waals surface area (Å²) < 4.78 is 2.43. The van der Waals surface area contributed by atoms with Crippen molar-refractivity contribution in [3.05, 3.63) is 27.0 Å². The minimum atomic E-state index is -0.351. The van der Waals surface area contributed by atoms with Crippen LogP contribution in [-0.2, 0) is 14.1 Å². The molecule has 1 heterocycles. The number of hydrogen-bond donors (Lipinski definition) is 1. The second-order valence-electron chi connectivity index (χ2n) is 3.82. The first kappa shape index (κ1) is 14.6. The summed E-state index contributed by atoms with van der Waals surface area (Å²) in [5.74, 6) is 0. The van der Waals surface area contributed by atoms with Gasteiger partial charge in [0.2, 0.25) is 0 Å². The molecule has 100 valence electrons. The molecule has 0 saturated carbocycles. The lowest BCUT2D eigenvalue weighted by Gasteiger charge is -2.09. The van der Waals surface area contributed by atoms with E-state index in [0.29, 0.717) is 17.4 Å². The molecule has 0 unspecified atom stereocenters. The van der Waals surface area contributed by atoms with E-state index in [-0.39, 0.29) is 11.2 Å². The molecule has 0 aliphatic carbocycles. The van der Waals surface area contributed by atoms with Crippen LogP contribution in [0, 0.1) is 0 Å². The summed E-state index contributed by atoms with van der Waals surface area (Å²) in [7, 11) is 3.06. The van der Waals surface area contributed by atoms with Crippen LogP contribution in [0.25, 0.3) is 0 Å². The molecule has 1 aromatic rings. The molecule has 0 fully saturated rings. The van der Waals surface area contributed by atoms with Gasteiger partial charge in [0.1, 0.15) is 5.69 Å². The zero-order chi connectivity index (χ0) is 13.7. The Balaban J connectivity index is 3.12. The molecule has 7 heteroatoms. The van der Waals surface area contributed by atoms with Crippen LogP contribution in [0.2, 0.25) is 0 Å². The van der Waals surface area contributed by atoms with E-state index >= 15 is 0 Å². The quantitative estimate of drug-likeness (QED) is 0.646. The summed E-state index contributed by atoms with van der Waals surface area (Å²) in [5.41, 5.74) is -0.345. The van der Waals surface area contributed by atoms with Crippen LogP contribution in [0.5, 0.6) is 0 Å². The summed E-state index contributed by atoms with van der Waals surface area (Å²) in [6, 6.07) is 0. The summed E-state index contributed by atoms with van der Waals surface area (Å²) >= 11 is 1.43. The highest BCUT2D eigenvalue weighted by molar-refractivity contribution is 8.13. The number of amidine groups is 1. The van der Waals surface area contributed by atoms with Gasteiger partial charge in [0.15, 0.2) is 5.17 Å². The number of aromatic nitrogens is 2. The van der Waals surface area contributed by atoms with E-state index in [1.54, 1.807) is 7.05 Å². The number of thioether (sulfide) groups is 1. The number of hydrogen-bond acceptors (Lipinski definition) is 4. The van der Waals surface area contributed by atoms with Gasteiger partial charge in [0.25, 0.3) is 5.56 Å². The lowest BCUT2D eigenvalue weighted by molar-refractivity contribution is 0.689. The molecule has 6 nitrogen and oxygen atoms in total. The Bertz CT molecular complexity index is 559. The molecule has 0 aliphatic rings. The first-order valence-corrected chi connectivity index (χ1v) is 6.85. The van der Waals surface area contributed by atoms with Crippen LogP contribution < -0.4 is 16.6 Å². The SMILES string of the molecule is CCCN=C(Nc1cn(C)c(=O)n(C)c1=O)SC. The van der Waals surface area contributed by atoms with Crippen LogP contribution >= 0.6 is 11.8 Å². The van der Waals surface area contributed by atoms with E-state index in [1.807, 2.05) is 13.2 Å². The topological polar surface area (TPSA) is 68.4 Å². The minimum absolute atomic E-state index is 0.346. The lowest BCUT2D eigenvalue weighted by Crippen LogP contribution is -2.38. The zero-order valence-electron chi connectivity index (χ0n) is 11.1. The van der Waals surface area contributed by atoms with E-state index in [4.69, 9.17) is 0 Å². The van der Waals surface area contributed by atoms with Crippen molar-refractivity contribution in [3.63, 3.8) is 0 Å². The number of nitrogens with zero attached hydrogens (tertiary/aromatic N) is 3. The molecular formula is C11H18N4O2S. The van der Waals surface area contributed by atoms with Gasteiger partial charge in [0, 0.05) is 26.8 Å². The van der Waals surface area contributed by atoms with Crippen molar-refractivity contribution in [3.8, 4) is 0 Å². The molecule has 1 N–H and O–H groups in total. The van der Waals surface area contributed by atoms with Gasteiger partial charge in [-0.1, -0.05) is 18.7 Å². The molecule has 0 saturated heterocycles. The number of aliphatic imine (C=N–C) groups is 1. The fourth-order valence-corrected chi connectivity index (χ4v) is 1.81. The average molecular weight is 270 g/mol. The van der Waals surface area contributed by atoms with Crippen molar-refractivity contribution < 1.29 is 0 Å². The van der Waals surface area contributed by atoms with Gasteiger partial charge < -0.3 is 9.88 Å². The van der Waals surface area contributed by atoms with Crippen molar-refractivity contribution in [1.29, 1.82) is 0 Å². The molecule has 18 heavy (non-hydrogen) atoms. The van der Waals surface area contributed by atoms with Gasteiger partial charge in [0.05, 0.1) is 0 Å². The molecule has 0 amide bonds. The van der Waals surface area contributed by atoms with Crippen molar-refractivity contribution in [2.75, 3.05) is 18.1 Å². The number of nitrogens with one attached hydrogen (secondary N) is 1. The lowest BCUT2D eigenvalue weighted by atomic mass is 10.5. The molecule has 0 spiro atoms.